The molecule has 0 radical (unpaired) electrons. The van der Waals surface area contributed by atoms with Gasteiger partial charge in [-0.25, -0.2) is 0 Å². The summed E-state index contributed by atoms with van der Waals surface area (Å²) in [6.45, 7) is 6.46. The molecule has 0 atom stereocenters. The minimum atomic E-state index is 0.528. The molecule has 0 spiro atoms. The summed E-state index contributed by atoms with van der Waals surface area (Å²) in [5, 5.41) is 9.06. The minimum Gasteiger partial charge on any atom is -0.468 e. The van der Waals surface area contributed by atoms with Gasteiger partial charge in [-0.3, -0.25) is 9.80 Å². The maximum atomic E-state index is 5.47. The number of hydrogen-bond donors (Lipinski definition) is 0. The van der Waals surface area contributed by atoms with Crippen molar-refractivity contribution < 1.29 is 4.42 Å². The molecule has 136 valence electrons. The van der Waals surface area contributed by atoms with Gasteiger partial charge >= 0.3 is 0 Å². The Bertz CT molecular complexity index is 651. The summed E-state index contributed by atoms with van der Waals surface area (Å²) in [7, 11) is 2.14. The van der Waals surface area contributed by atoms with Gasteiger partial charge in [-0.05, 0) is 64.0 Å². The highest BCUT2D eigenvalue weighted by molar-refractivity contribution is 5.04. The van der Waals surface area contributed by atoms with E-state index in [0.29, 0.717) is 5.92 Å². The summed E-state index contributed by atoms with van der Waals surface area (Å²) in [6, 6.07) is 4.02. The van der Waals surface area contributed by atoms with Crippen molar-refractivity contribution in [3.63, 3.8) is 0 Å². The Morgan fingerprint density at radius 2 is 1.76 bits per heavy atom. The van der Waals surface area contributed by atoms with Crippen LogP contribution in [0.15, 0.2) is 22.8 Å². The molecule has 2 aliphatic heterocycles. The summed E-state index contributed by atoms with van der Waals surface area (Å²) in [5.41, 5.74) is 0. The van der Waals surface area contributed by atoms with Gasteiger partial charge in [0, 0.05) is 13.0 Å². The van der Waals surface area contributed by atoms with Crippen LogP contribution >= 0.6 is 0 Å². The van der Waals surface area contributed by atoms with E-state index in [9.17, 15) is 0 Å². The predicted molar refractivity (Wildman–Crippen MR) is 96.1 cm³/mol. The molecule has 6 nitrogen and oxygen atoms in total. The van der Waals surface area contributed by atoms with E-state index in [1.165, 1.54) is 38.2 Å². The second-order valence-electron chi connectivity index (χ2n) is 7.50. The predicted octanol–water partition coefficient (Wildman–Crippen LogP) is 2.77. The van der Waals surface area contributed by atoms with Gasteiger partial charge in [0.05, 0.1) is 19.4 Å². The van der Waals surface area contributed by atoms with Gasteiger partial charge in [0.2, 0.25) is 0 Å². The molecule has 6 heteroatoms. The molecule has 2 saturated heterocycles. The van der Waals surface area contributed by atoms with Crippen LogP contribution in [-0.2, 0) is 20.1 Å². The average molecular weight is 343 g/mol. The molecule has 25 heavy (non-hydrogen) atoms. The first-order chi connectivity index (χ1) is 12.3. The third kappa shape index (κ3) is 3.96. The highest BCUT2D eigenvalue weighted by Gasteiger charge is 2.26. The summed E-state index contributed by atoms with van der Waals surface area (Å²) in [6.07, 6.45) is 8.06. The van der Waals surface area contributed by atoms with Crippen LogP contribution in [0.1, 0.15) is 55.4 Å². The molecular formula is C19H29N5O. The molecule has 4 rings (SSSR count). The monoisotopic (exact) mass is 343 g/mol. The lowest BCUT2D eigenvalue weighted by atomic mass is 9.96. The van der Waals surface area contributed by atoms with Crippen LogP contribution in [0.5, 0.6) is 0 Å². The van der Waals surface area contributed by atoms with Crippen molar-refractivity contribution in [3.8, 4) is 0 Å². The van der Waals surface area contributed by atoms with E-state index in [4.69, 9.17) is 4.42 Å². The summed E-state index contributed by atoms with van der Waals surface area (Å²) < 4.78 is 7.72. The van der Waals surface area contributed by atoms with Crippen molar-refractivity contribution in [3.05, 3.63) is 35.8 Å². The largest absolute Gasteiger partial charge is 0.468 e. The minimum absolute atomic E-state index is 0.528. The summed E-state index contributed by atoms with van der Waals surface area (Å²) in [5.74, 6) is 3.88. The molecule has 2 aromatic heterocycles. The fourth-order valence-corrected chi connectivity index (χ4v) is 4.16. The number of furan rings is 1. The highest BCUT2D eigenvalue weighted by Crippen LogP contribution is 2.28. The zero-order valence-electron chi connectivity index (χ0n) is 15.2. The Labute approximate surface area is 149 Å². The van der Waals surface area contributed by atoms with Crippen molar-refractivity contribution in [2.45, 2.75) is 51.1 Å². The van der Waals surface area contributed by atoms with Crippen molar-refractivity contribution >= 4 is 0 Å². The number of nitrogens with zero attached hydrogens (tertiary/aromatic N) is 5. The second kappa shape index (κ2) is 7.70. The van der Waals surface area contributed by atoms with E-state index in [0.717, 1.165) is 50.6 Å². The van der Waals surface area contributed by atoms with Crippen LogP contribution in [0.2, 0.25) is 0 Å². The van der Waals surface area contributed by atoms with Crippen LogP contribution in [0.3, 0.4) is 0 Å². The quantitative estimate of drug-likeness (QED) is 0.835. The van der Waals surface area contributed by atoms with Crippen LogP contribution in [0, 0.1) is 0 Å². The van der Waals surface area contributed by atoms with Crippen LogP contribution in [-0.4, -0.2) is 50.7 Å². The molecule has 0 bridgehead atoms. The summed E-state index contributed by atoms with van der Waals surface area (Å²) in [4.78, 5) is 4.99. The van der Waals surface area contributed by atoms with Gasteiger partial charge in [0.25, 0.3) is 0 Å². The zero-order valence-corrected chi connectivity index (χ0v) is 15.2. The van der Waals surface area contributed by atoms with Gasteiger partial charge in [-0.2, -0.15) is 0 Å². The normalized spacial score (nSPS) is 21.0. The highest BCUT2D eigenvalue weighted by atomic mass is 16.3. The van der Waals surface area contributed by atoms with Crippen LogP contribution in [0.4, 0.5) is 0 Å². The topological polar surface area (TPSA) is 50.3 Å². The lowest BCUT2D eigenvalue weighted by Crippen LogP contribution is -2.33. The fourth-order valence-electron chi connectivity index (χ4n) is 4.16. The number of aromatic nitrogens is 3. The van der Waals surface area contributed by atoms with Crippen molar-refractivity contribution in [1.82, 2.24) is 24.6 Å². The molecule has 0 unspecified atom stereocenters. The van der Waals surface area contributed by atoms with Crippen LogP contribution < -0.4 is 0 Å². The number of hydrogen-bond acceptors (Lipinski definition) is 5. The Kier molecular flexibility index (Phi) is 5.17. The lowest BCUT2D eigenvalue weighted by molar-refractivity contribution is 0.186. The average Bonchev–Trinajstić information content (AvgIpc) is 3.28. The molecule has 0 aromatic carbocycles. The summed E-state index contributed by atoms with van der Waals surface area (Å²) >= 11 is 0. The standard InChI is InChI=1S/C19H29N5O/c1-22-18(15-23-9-3-2-4-10-23)20-21-19(22)16-7-11-24(12-8-16)14-17-6-5-13-25-17/h5-6,13,16H,2-4,7-12,14-15H2,1H3. The lowest BCUT2D eigenvalue weighted by Gasteiger charge is -2.31. The Balaban J connectivity index is 1.33. The van der Waals surface area contributed by atoms with E-state index < -0.39 is 0 Å². The first-order valence-electron chi connectivity index (χ1n) is 9.65. The second-order valence-corrected chi connectivity index (χ2v) is 7.50. The molecule has 0 amide bonds. The Hall–Kier alpha value is -1.66. The maximum absolute atomic E-state index is 5.47. The third-order valence-electron chi connectivity index (χ3n) is 5.72. The SMILES string of the molecule is Cn1c(CN2CCCCC2)nnc1C1CCN(Cc2ccco2)CC1. The molecule has 0 saturated carbocycles. The molecule has 2 aliphatic rings. The maximum Gasteiger partial charge on any atom is 0.146 e. The number of piperidine rings is 2. The molecule has 2 aromatic rings. The number of likely N-dealkylation sites (tertiary alicyclic amines) is 2. The van der Waals surface area contributed by atoms with Gasteiger partial charge in [0.1, 0.15) is 17.4 Å². The molecule has 2 fully saturated rings. The van der Waals surface area contributed by atoms with Gasteiger partial charge in [-0.15, -0.1) is 10.2 Å². The van der Waals surface area contributed by atoms with Crippen molar-refractivity contribution in [1.29, 1.82) is 0 Å². The molecular weight excluding hydrogens is 314 g/mol. The zero-order chi connectivity index (χ0) is 17.1. The Morgan fingerprint density at radius 1 is 1.00 bits per heavy atom. The first kappa shape index (κ1) is 16.8. The van der Waals surface area contributed by atoms with Gasteiger partial charge in [0.15, 0.2) is 0 Å². The molecule has 0 aliphatic carbocycles. The van der Waals surface area contributed by atoms with E-state index in [-0.39, 0.29) is 0 Å². The molecule has 0 N–H and O–H groups in total. The van der Waals surface area contributed by atoms with E-state index in [1.54, 1.807) is 6.26 Å². The van der Waals surface area contributed by atoms with Crippen LogP contribution in [0.25, 0.3) is 0 Å². The van der Waals surface area contributed by atoms with Gasteiger partial charge < -0.3 is 8.98 Å². The van der Waals surface area contributed by atoms with E-state index in [2.05, 4.69) is 37.7 Å². The van der Waals surface area contributed by atoms with Crippen molar-refractivity contribution in [2.24, 2.45) is 7.05 Å². The molecule has 4 heterocycles. The number of rotatable bonds is 5. The first-order valence-corrected chi connectivity index (χ1v) is 9.65. The Morgan fingerprint density at radius 3 is 2.48 bits per heavy atom. The van der Waals surface area contributed by atoms with Gasteiger partial charge in [-0.1, -0.05) is 6.42 Å². The van der Waals surface area contributed by atoms with Crippen molar-refractivity contribution in [2.75, 3.05) is 26.2 Å². The van der Waals surface area contributed by atoms with E-state index >= 15 is 0 Å². The van der Waals surface area contributed by atoms with E-state index in [1.807, 2.05) is 6.07 Å². The fraction of sp³-hybridized carbons (Fsp3) is 0.684. The third-order valence-corrected chi connectivity index (χ3v) is 5.72. The smallest absolute Gasteiger partial charge is 0.146 e.